The van der Waals surface area contributed by atoms with Gasteiger partial charge in [-0.15, -0.1) is 0 Å². The summed E-state index contributed by atoms with van der Waals surface area (Å²) in [5.74, 6) is 0.923. The Morgan fingerprint density at radius 1 is 1.00 bits per heavy atom. The minimum atomic E-state index is 0.331. The molecule has 5 nitrogen and oxygen atoms in total. The highest BCUT2D eigenvalue weighted by molar-refractivity contribution is 6.10. The Hall–Kier alpha value is -3.08. The number of aryl methyl sites for hydroxylation is 2. The molecule has 27 heavy (non-hydrogen) atoms. The van der Waals surface area contributed by atoms with Gasteiger partial charge in [0, 0.05) is 28.7 Å². The molecular weight excluding hydrogens is 336 g/mol. The van der Waals surface area contributed by atoms with Crippen molar-refractivity contribution in [2.75, 3.05) is 9.80 Å². The van der Waals surface area contributed by atoms with Crippen molar-refractivity contribution in [3.05, 3.63) is 60.5 Å². The lowest BCUT2D eigenvalue weighted by atomic mass is 10.1. The zero-order valence-electron chi connectivity index (χ0n) is 15.9. The largest absolute Gasteiger partial charge is 0.435 e. The molecule has 0 bridgehead atoms. The van der Waals surface area contributed by atoms with Crippen LogP contribution in [0.4, 0.5) is 17.2 Å². The smallest absolute Gasteiger partial charge is 0.227 e. The first-order chi connectivity index (χ1) is 13.0. The van der Waals surface area contributed by atoms with E-state index in [0.717, 1.165) is 44.8 Å². The Bertz CT molecular complexity index is 1180. The summed E-state index contributed by atoms with van der Waals surface area (Å²) < 4.78 is 6.25. The SMILES string of the molecule is Cc1ccc2c(n1)oc1c(N3[CH]N(C(C)C)c4cccnc43)c(C)ccc12. The van der Waals surface area contributed by atoms with Crippen molar-refractivity contribution in [2.24, 2.45) is 0 Å². The predicted octanol–water partition coefficient (Wildman–Crippen LogP) is 5.48. The zero-order chi connectivity index (χ0) is 18.7. The average molecular weight is 357 g/mol. The van der Waals surface area contributed by atoms with Gasteiger partial charge in [0.25, 0.3) is 0 Å². The number of aromatic nitrogens is 2. The fourth-order valence-electron chi connectivity index (χ4n) is 3.79. The number of hydrogen-bond donors (Lipinski definition) is 0. The number of anilines is 3. The van der Waals surface area contributed by atoms with Gasteiger partial charge in [0.1, 0.15) is 6.67 Å². The van der Waals surface area contributed by atoms with E-state index in [0.29, 0.717) is 11.8 Å². The van der Waals surface area contributed by atoms with Crippen molar-refractivity contribution < 1.29 is 4.42 Å². The fraction of sp³-hybridized carbons (Fsp3) is 0.227. The minimum Gasteiger partial charge on any atom is -0.435 e. The van der Waals surface area contributed by atoms with Crippen LogP contribution in [0.25, 0.3) is 22.1 Å². The highest BCUT2D eigenvalue weighted by atomic mass is 16.3. The summed E-state index contributed by atoms with van der Waals surface area (Å²) in [4.78, 5) is 13.6. The molecule has 4 aromatic rings. The van der Waals surface area contributed by atoms with Crippen LogP contribution in [0.5, 0.6) is 0 Å². The van der Waals surface area contributed by atoms with Gasteiger partial charge in [0.05, 0.1) is 11.4 Å². The van der Waals surface area contributed by atoms with E-state index < -0.39 is 0 Å². The van der Waals surface area contributed by atoms with E-state index >= 15 is 0 Å². The number of pyridine rings is 2. The summed E-state index contributed by atoms with van der Waals surface area (Å²) >= 11 is 0. The molecule has 0 amide bonds. The van der Waals surface area contributed by atoms with Crippen molar-refractivity contribution in [1.29, 1.82) is 0 Å². The van der Waals surface area contributed by atoms with Gasteiger partial charge >= 0.3 is 0 Å². The molecule has 5 heteroatoms. The van der Waals surface area contributed by atoms with Crippen molar-refractivity contribution >= 4 is 39.3 Å². The van der Waals surface area contributed by atoms with E-state index in [-0.39, 0.29) is 0 Å². The first-order valence-corrected chi connectivity index (χ1v) is 9.21. The van der Waals surface area contributed by atoms with Crippen LogP contribution >= 0.6 is 0 Å². The summed E-state index contributed by atoms with van der Waals surface area (Å²) in [7, 11) is 0. The van der Waals surface area contributed by atoms with Crippen LogP contribution in [0.2, 0.25) is 0 Å². The maximum Gasteiger partial charge on any atom is 0.227 e. The molecular formula is C22H21N4O. The lowest BCUT2D eigenvalue weighted by molar-refractivity contribution is 0.651. The third-order valence-corrected chi connectivity index (χ3v) is 5.13. The summed E-state index contributed by atoms with van der Waals surface area (Å²) in [6.45, 7) is 10.6. The Balaban J connectivity index is 1.78. The van der Waals surface area contributed by atoms with Gasteiger partial charge in [-0.05, 0) is 57.5 Å². The van der Waals surface area contributed by atoms with Gasteiger partial charge < -0.3 is 9.32 Å². The third kappa shape index (κ3) is 2.31. The van der Waals surface area contributed by atoms with Gasteiger partial charge in [-0.2, -0.15) is 0 Å². The molecule has 0 unspecified atom stereocenters. The van der Waals surface area contributed by atoms with Crippen molar-refractivity contribution in [3.63, 3.8) is 0 Å². The Kier molecular flexibility index (Phi) is 3.41. The predicted molar refractivity (Wildman–Crippen MR) is 109 cm³/mol. The number of furan rings is 1. The van der Waals surface area contributed by atoms with Gasteiger partial charge in [0.15, 0.2) is 11.4 Å². The van der Waals surface area contributed by atoms with Crippen LogP contribution < -0.4 is 9.80 Å². The molecule has 1 radical (unpaired) electrons. The molecule has 0 atom stereocenters. The van der Waals surface area contributed by atoms with E-state index in [1.807, 2.05) is 25.3 Å². The molecule has 0 N–H and O–H groups in total. The summed E-state index contributed by atoms with van der Waals surface area (Å²) in [5.41, 5.74) is 5.74. The first kappa shape index (κ1) is 16.1. The van der Waals surface area contributed by atoms with Crippen LogP contribution in [0.1, 0.15) is 25.1 Å². The highest BCUT2D eigenvalue weighted by Gasteiger charge is 2.33. The molecule has 5 rings (SSSR count). The summed E-state index contributed by atoms with van der Waals surface area (Å²) in [6.07, 6.45) is 1.84. The molecule has 3 aromatic heterocycles. The van der Waals surface area contributed by atoms with E-state index in [1.54, 1.807) is 0 Å². The van der Waals surface area contributed by atoms with Crippen LogP contribution in [0.3, 0.4) is 0 Å². The lowest BCUT2D eigenvalue weighted by Crippen LogP contribution is -2.28. The second kappa shape index (κ2) is 5.71. The molecule has 0 spiro atoms. The van der Waals surface area contributed by atoms with Crippen molar-refractivity contribution in [1.82, 2.24) is 9.97 Å². The monoisotopic (exact) mass is 357 g/mol. The number of nitrogens with zero attached hydrogens (tertiary/aromatic N) is 4. The number of benzene rings is 1. The zero-order valence-corrected chi connectivity index (χ0v) is 15.9. The third-order valence-electron chi connectivity index (χ3n) is 5.13. The fourth-order valence-corrected chi connectivity index (χ4v) is 3.79. The van der Waals surface area contributed by atoms with Gasteiger partial charge in [0.2, 0.25) is 5.71 Å². The second-order valence-corrected chi connectivity index (χ2v) is 7.35. The van der Waals surface area contributed by atoms with Crippen LogP contribution in [0.15, 0.2) is 47.0 Å². The Morgan fingerprint density at radius 3 is 2.63 bits per heavy atom. The number of hydrogen-bond acceptors (Lipinski definition) is 5. The normalized spacial score (nSPS) is 14.0. The van der Waals surface area contributed by atoms with Gasteiger partial charge in [-0.1, -0.05) is 12.1 Å². The van der Waals surface area contributed by atoms with Crippen LogP contribution in [-0.2, 0) is 0 Å². The van der Waals surface area contributed by atoms with Crippen molar-refractivity contribution in [2.45, 2.75) is 33.7 Å². The van der Waals surface area contributed by atoms with Crippen LogP contribution in [0, 0.1) is 20.5 Å². The molecule has 0 aliphatic carbocycles. The van der Waals surface area contributed by atoms with E-state index in [9.17, 15) is 0 Å². The average Bonchev–Trinajstić information content (AvgIpc) is 3.20. The van der Waals surface area contributed by atoms with Gasteiger partial charge in [-0.3, -0.25) is 4.90 Å². The second-order valence-electron chi connectivity index (χ2n) is 7.35. The molecule has 1 aliphatic heterocycles. The first-order valence-electron chi connectivity index (χ1n) is 9.21. The molecule has 0 saturated heterocycles. The topological polar surface area (TPSA) is 45.4 Å². The lowest BCUT2D eigenvalue weighted by Gasteiger charge is -2.24. The standard InChI is InChI=1S/C22H21N4O/c1-13(2)25-12-26(21-18(25)6-5-11-23-21)19-14(3)7-9-16-17-10-8-15(4)24-22(17)27-20(16)19/h5-13H,1-4H3. The molecule has 0 fully saturated rings. The van der Waals surface area contributed by atoms with E-state index in [4.69, 9.17) is 4.42 Å². The molecule has 1 aromatic carbocycles. The number of fused-ring (bicyclic) bond motifs is 4. The summed E-state index contributed by atoms with van der Waals surface area (Å²) in [6, 6.07) is 12.8. The van der Waals surface area contributed by atoms with E-state index in [2.05, 4.69) is 71.5 Å². The molecule has 4 heterocycles. The van der Waals surface area contributed by atoms with E-state index in [1.165, 1.54) is 0 Å². The Labute approximate surface area is 158 Å². The summed E-state index contributed by atoms with van der Waals surface area (Å²) in [5, 5.41) is 2.12. The maximum atomic E-state index is 6.25. The van der Waals surface area contributed by atoms with Gasteiger partial charge in [-0.25, -0.2) is 9.97 Å². The Morgan fingerprint density at radius 2 is 1.81 bits per heavy atom. The minimum absolute atomic E-state index is 0.331. The number of rotatable bonds is 2. The van der Waals surface area contributed by atoms with Crippen LogP contribution in [-0.4, -0.2) is 16.0 Å². The molecule has 0 saturated carbocycles. The maximum absolute atomic E-state index is 6.25. The highest BCUT2D eigenvalue weighted by Crippen LogP contribution is 2.46. The molecule has 135 valence electrons. The quantitative estimate of drug-likeness (QED) is 0.475. The molecule has 1 aliphatic rings. The van der Waals surface area contributed by atoms with Crippen molar-refractivity contribution in [3.8, 4) is 0 Å².